The normalized spacial score (nSPS) is 22.9. The maximum Gasteiger partial charge on any atom is 0.410 e. The third-order valence-corrected chi connectivity index (χ3v) is 4.94. The van der Waals surface area contributed by atoms with Gasteiger partial charge in [0.05, 0.1) is 12.1 Å². The Bertz CT molecular complexity index is 512. The van der Waals surface area contributed by atoms with E-state index in [0.717, 1.165) is 25.7 Å². The number of hydrogen-bond acceptors (Lipinski definition) is 4. The molecule has 0 aromatic heterocycles. The van der Waals surface area contributed by atoms with Gasteiger partial charge in [-0.2, -0.15) is 5.26 Å². The van der Waals surface area contributed by atoms with Crippen LogP contribution < -0.4 is 0 Å². The first-order valence-corrected chi connectivity index (χ1v) is 8.29. The van der Waals surface area contributed by atoms with Gasteiger partial charge in [-0.1, -0.05) is 12.8 Å². The van der Waals surface area contributed by atoms with E-state index in [-0.39, 0.29) is 29.9 Å². The number of nitrogens with zero attached hydrogens (tertiary/aromatic N) is 3. The van der Waals surface area contributed by atoms with Crippen molar-refractivity contribution >= 4 is 12.0 Å². The highest BCUT2D eigenvalue weighted by Gasteiger charge is 2.52. The average Bonchev–Trinajstić information content (AvgIpc) is 3.05. The van der Waals surface area contributed by atoms with Crippen LogP contribution in [0.25, 0.3) is 0 Å². The molecule has 1 saturated carbocycles. The van der Waals surface area contributed by atoms with Crippen molar-refractivity contribution < 1.29 is 14.3 Å². The van der Waals surface area contributed by atoms with Crippen molar-refractivity contribution in [2.45, 2.75) is 64.5 Å². The summed E-state index contributed by atoms with van der Waals surface area (Å²) in [4.78, 5) is 28.0. The van der Waals surface area contributed by atoms with E-state index in [1.807, 2.05) is 26.8 Å². The molecule has 0 radical (unpaired) electrons. The third-order valence-electron chi connectivity index (χ3n) is 4.94. The molecule has 0 aromatic carbocycles. The molecule has 1 aliphatic carbocycles. The van der Waals surface area contributed by atoms with Gasteiger partial charge in [0.25, 0.3) is 0 Å². The second-order valence-electron chi connectivity index (χ2n) is 7.79. The van der Waals surface area contributed by atoms with Crippen LogP contribution in [0.1, 0.15) is 52.9 Å². The molecule has 1 unspecified atom stereocenters. The van der Waals surface area contributed by atoms with E-state index < -0.39 is 5.60 Å². The van der Waals surface area contributed by atoms with Crippen LogP contribution >= 0.6 is 0 Å². The van der Waals surface area contributed by atoms with Crippen molar-refractivity contribution in [3.05, 3.63) is 0 Å². The fraction of sp³-hybridized carbons (Fsp3) is 0.824. The smallest absolute Gasteiger partial charge is 0.410 e. The Morgan fingerprint density at radius 1 is 1.35 bits per heavy atom. The quantitative estimate of drug-likeness (QED) is 0.783. The summed E-state index contributed by atoms with van der Waals surface area (Å²) in [6, 6.07) is 1.89. The van der Waals surface area contributed by atoms with Crippen molar-refractivity contribution in [3.8, 4) is 6.07 Å². The summed E-state index contributed by atoms with van der Waals surface area (Å²) in [7, 11) is 1.76. The van der Waals surface area contributed by atoms with E-state index >= 15 is 0 Å². The zero-order valence-corrected chi connectivity index (χ0v) is 14.6. The number of carbonyl (C=O) groups is 2. The van der Waals surface area contributed by atoms with Gasteiger partial charge in [0.15, 0.2) is 0 Å². The van der Waals surface area contributed by atoms with E-state index in [2.05, 4.69) is 0 Å². The van der Waals surface area contributed by atoms with E-state index in [0.29, 0.717) is 13.1 Å². The number of nitriles is 1. The molecule has 2 rings (SSSR count). The molecule has 2 fully saturated rings. The Labute approximate surface area is 138 Å². The number of likely N-dealkylation sites (tertiary alicyclic amines) is 1. The highest BCUT2D eigenvalue weighted by molar-refractivity contribution is 5.79. The van der Waals surface area contributed by atoms with E-state index in [1.165, 1.54) is 0 Å². The molecule has 6 heteroatoms. The number of likely N-dealkylation sites (N-methyl/N-ethyl adjacent to an activating group) is 1. The van der Waals surface area contributed by atoms with Crippen LogP contribution in [0.15, 0.2) is 0 Å². The fourth-order valence-corrected chi connectivity index (χ4v) is 3.89. The van der Waals surface area contributed by atoms with Crippen LogP contribution in [0, 0.1) is 16.7 Å². The van der Waals surface area contributed by atoms with E-state index in [9.17, 15) is 9.59 Å². The van der Waals surface area contributed by atoms with Crippen molar-refractivity contribution in [2.24, 2.45) is 5.41 Å². The molecule has 1 atom stereocenters. The first-order chi connectivity index (χ1) is 10.7. The van der Waals surface area contributed by atoms with Gasteiger partial charge in [0.1, 0.15) is 12.0 Å². The molecule has 1 spiro atoms. The molecule has 1 aliphatic heterocycles. The number of ether oxygens (including phenoxy) is 1. The Kier molecular flexibility index (Phi) is 4.88. The zero-order chi connectivity index (χ0) is 17.3. The monoisotopic (exact) mass is 321 g/mol. The predicted octanol–water partition coefficient (Wildman–Crippen LogP) is 2.54. The molecule has 23 heavy (non-hydrogen) atoms. The van der Waals surface area contributed by atoms with Crippen molar-refractivity contribution in [2.75, 3.05) is 20.1 Å². The topological polar surface area (TPSA) is 73.6 Å². The van der Waals surface area contributed by atoms with Crippen molar-refractivity contribution in [1.82, 2.24) is 9.80 Å². The first kappa shape index (κ1) is 17.6. The lowest BCUT2D eigenvalue weighted by molar-refractivity contribution is -0.129. The summed E-state index contributed by atoms with van der Waals surface area (Å²) in [5.74, 6) is -0.140. The zero-order valence-electron chi connectivity index (χ0n) is 14.6. The molecule has 0 aromatic rings. The van der Waals surface area contributed by atoms with Gasteiger partial charge in [0.2, 0.25) is 5.91 Å². The largest absolute Gasteiger partial charge is 0.444 e. The lowest BCUT2D eigenvalue weighted by Gasteiger charge is -2.36. The molecule has 6 nitrogen and oxygen atoms in total. The van der Waals surface area contributed by atoms with Crippen molar-refractivity contribution in [3.63, 3.8) is 0 Å². The Balaban J connectivity index is 2.16. The average molecular weight is 321 g/mol. The molecule has 128 valence electrons. The third kappa shape index (κ3) is 3.77. The SMILES string of the molecule is CN(C(=O)OC(C)(C)C)C1CN(C(=O)CC#N)CC12CCCC2. The van der Waals surface area contributed by atoms with Gasteiger partial charge in [-0.05, 0) is 33.6 Å². The Morgan fingerprint density at radius 2 is 1.96 bits per heavy atom. The maximum atomic E-state index is 12.4. The van der Waals surface area contributed by atoms with Crippen LogP contribution in [0.2, 0.25) is 0 Å². The molecule has 1 saturated heterocycles. The van der Waals surface area contributed by atoms with Crippen LogP contribution in [0.5, 0.6) is 0 Å². The van der Waals surface area contributed by atoms with Crippen LogP contribution in [-0.4, -0.2) is 53.6 Å². The molecule has 2 aliphatic rings. The molecular formula is C17H27N3O3. The second kappa shape index (κ2) is 6.38. The number of amides is 2. The molecule has 2 amide bonds. The van der Waals surface area contributed by atoms with Crippen LogP contribution in [-0.2, 0) is 9.53 Å². The van der Waals surface area contributed by atoms with Gasteiger partial charge in [-0.3, -0.25) is 4.79 Å². The summed E-state index contributed by atoms with van der Waals surface area (Å²) in [5, 5.41) is 8.76. The predicted molar refractivity (Wildman–Crippen MR) is 85.5 cm³/mol. The van der Waals surface area contributed by atoms with E-state index in [1.54, 1.807) is 16.8 Å². The van der Waals surface area contributed by atoms with Gasteiger partial charge in [-0.15, -0.1) is 0 Å². The standard InChI is InChI=1S/C17H27N3O3/c1-16(2,3)23-15(22)19(4)13-11-20(14(21)7-10-18)12-17(13)8-5-6-9-17/h13H,5-9,11-12H2,1-4H3. The maximum absolute atomic E-state index is 12.4. The van der Waals surface area contributed by atoms with Gasteiger partial charge < -0.3 is 14.5 Å². The summed E-state index contributed by atoms with van der Waals surface area (Å²) >= 11 is 0. The molecule has 1 heterocycles. The minimum atomic E-state index is -0.539. The van der Waals surface area contributed by atoms with Gasteiger partial charge >= 0.3 is 6.09 Å². The Morgan fingerprint density at radius 3 is 2.48 bits per heavy atom. The lowest BCUT2D eigenvalue weighted by Crippen LogP contribution is -2.48. The van der Waals surface area contributed by atoms with Crippen molar-refractivity contribution in [1.29, 1.82) is 5.26 Å². The lowest BCUT2D eigenvalue weighted by atomic mass is 9.80. The number of rotatable bonds is 2. The summed E-state index contributed by atoms with van der Waals surface area (Å²) < 4.78 is 5.49. The molecular weight excluding hydrogens is 294 g/mol. The fourth-order valence-electron chi connectivity index (χ4n) is 3.89. The second-order valence-corrected chi connectivity index (χ2v) is 7.79. The molecule has 0 bridgehead atoms. The van der Waals surface area contributed by atoms with Gasteiger partial charge in [-0.25, -0.2) is 4.79 Å². The van der Waals surface area contributed by atoms with Crippen LogP contribution in [0.4, 0.5) is 4.79 Å². The Hall–Kier alpha value is -1.77. The minimum Gasteiger partial charge on any atom is -0.444 e. The summed E-state index contributed by atoms with van der Waals surface area (Å²) in [5.41, 5.74) is -0.583. The van der Waals surface area contributed by atoms with E-state index in [4.69, 9.17) is 10.00 Å². The summed E-state index contributed by atoms with van der Waals surface area (Å²) in [6.07, 6.45) is 3.84. The van der Waals surface area contributed by atoms with Crippen LogP contribution in [0.3, 0.4) is 0 Å². The summed E-state index contributed by atoms with van der Waals surface area (Å²) in [6.45, 7) is 6.69. The highest BCUT2D eigenvalue weighted by atomic mass is 16.6. The van der Waals surface area contributed by atoms with Gasteiger partial charge in [0, 0.05) is 25.6 Å². The number of carbonyl (C=O) groups excluding carboxylic acids is 2. The first-order valence-electron chi connectivity index (χ1n) is 8.29. The highest BCUT2D eigenvalue weighted by Crippen LogP contribution is 2.47. The number of hydrogen-bond donors (Lipinski definition) is 0. The molecule has 0 N–H and O–H groups in total. The minimum absolute atomic E-state index is 0.0394.